The first-order valence-corrected chi connectivity index (χ1v) is 2.64. The summed E-state index contributed by atoms with van der Waals surface area (Å²) in [5.41, 5.74) is -2.63. The minimum absolute atomic E-state index is 1.08. The Balaban J connectivity index is 2.70. The molecule has 9 heavy (non-hydrogen) atoms. The SMILES string of the molecule is CC1C(F)(F)C1(F)CO. The van der Waals surface area contributed by atoms with Gasteiger partial charge in [0.2, 0.25) is 5.67 Å². The molecule has 0 spiro atoms. The van der Waals surface area contributed by atoms with E-state index >= 15 is 0 Å². The maximum Gasteiger partial charge on any atom is 0.290 e. The van der Waals surface area contributed by atoms with Crippen molar-refractivity contribution in [3.05, 3.63) is 0 Å². The fourth-order valence-electron chi connectivity index (χ4n) is 0.843. The van der Waals surface area contributed by atoms with Crippen molar-refractivity contribution in [3.63, 3.8) is 0 Å². The van der Waals surface area contributed by atoms with Crippen LogP contribution < -0.4 is 0 Å². The van der Waals surface area contributed by atoms with Crippen molar-refractivity contribution in [1.29, 1.82) is 0 Å². The van der Waals surface area contributed by atoms with Gasteiger partial charge in [0, 0.05) is 0 Å². The second-order valence-corrected chi connectivity index (χ2v) is 2.37. The lowest BCUT2D eigenvalue weighted by molar-refractivity contribution is 0.0144. The summed E-state index contributed by atoms with van der Waals surface area (Å²) in [6, 6.07) is 0. The molecular formula is C5H7F3O. The largest absolute Gasteiger partial charge is 0.393 e. The molecule has 0 heterocycles. The Labute approximate surface area is 50.5 Å². The molecule has 0 bridgehead atoms. The van der Waals surface area contributed by atoms with Crippen molar-refractivity contribution < 1.29 is 18.3 Å². The summed E-state index contributed by atoms with van der Waals surface area (Å²) >= 11 is 0. The molecule has 4 heteroatoms. The molecule has 1 N–H and O–H groups in total. The van der Waals surface area contributed by atoms with Gasteiger partial charge in [-0.05, 0) is 0 Å². The molecule has 1 fully saturated rings. The van der Waals surface area contributed by atoms with E-state index in [2.05, 4.69) is 0 Å². The molecule has 1 rings (SSSR count). The Morgan fingerprint density at radius 3 is 1.78 bits per heavy atom. The van der Waals surface area contributed by atoms with Crippen LogP contribution in [0.2, 0.25) is 0 Å². The normalized spacial score (nSPS) is 47.0. The molecule has 2 unspecified atom stereocenters. The van der Waals surface area contributed by atoms with Crippen LogP contribution in [-0.2, 0) is 0 Å². The first-order valence-electron chi connectivity index (χ1n) is 2.64. The number of alkyl halides is 3. The number of hydrogen-bond acceptors (Lipinski definition) is 1. The predicted octanol–water partition coefficient (Wildman–Crippen LogP) is 0.972. The molecule has 2 atom stereocenters. The molecule has 0 aromatic heterocycles. The Bertz CT molecular complexity index is 136. The van der Waals surface area contributed by atoms with Crippen LogP contribution in [0.1, 0.15) is 6.92 Å². The Hall–Kier alpha value is -0.250. The standard InChI is InChI=1S/C5H7F3O/c1-3-4(6,2-9)5(3,7)8/h3,9H,2H2,1H3. The molecule has 1 saturated carbocycles. The second-order valence-electron chi connectivity index (χ2n) is 2.37. The van der Waals surface area contributed by atoms with E-state index in [1.807, 2.05) is 0 Å². The summed E-state index contributed by atoms with van der Waals surface area (Å²) in [5, 5.41) is 8.12. The highest BCUT2D eigenvalue weighted by Crippen LogP contribution is 2.60. The highest BCUT2D eigenvalue weighted by molar-refractivity contribution is 5.18. The van der Waals surface area contributed by atoms with E-state index in [9.17, 15) is 13.2 Å². The molecule has 1 nitrogen and oxygen atoms in total. The number of hydrogen-bond donors (Lipinski definition) is 1. The van der Waals surface area contributed by atoms with Gasteiger partial charge >= 0.3 is 0 Å². The van der Waals surface area contributed by atoms with Crippen LogP contribution in [0.4, 0.5) is 13.2 Å². The molecule has 0 radical (unpaired) electrons. The molecule has 1 aliphatic carbocycles. The van der Waals surface area contributed by atoms with E-state index < -0.39 is 24.1 Å². The summed E-state index contributed by atoms with van der Waals surface area (Å²) in [7, 11) is 0. The maximum absolute atomic E-state index is 12.4. The van der Waals surface area contributed by atoms with Gasteiger partial charge in [-0.1, -0.05) is 6.92 Å². The van der Waals surface area contributed by atoms with Crippen molar-refractivity contribution in [1.82, 2.24) is 0 Å². The van der Waals surface area contributed by atoms with E-state index in [0.717, 1.165) is 6.92 Å². The monoisotopic (exact) mass is 140 g/mol. The minimum atomic E-state index is -3.30. The zero-order valence-electron chi connectivity index (χ0n) is 4.87. The lowest BCUT2D eigenvalue weighted by Crippen LogP contribution is -2.16. The third kappa shape index (κ3) is 0.542. The summed E-state index contributed by atoms with van der Waals surface area (Å²) in [6.07, 6.45) is 0. The number of aliphatic hydroxyl groups is 1. The van der Waals surface area contributed by atoms with E-state index in [-0.39, 0.29) is 0 Å². The Kier molecular flexibility index (Phi) is 1.09. The fourth-order valence-corrected chi connectivity index (χ4v) is 0.843. The van der Waals surface area contributed by atoms with Gasteiger partial charge < -0.3 is 5.11 Å². The lowest BCUT2D eigenvalue weighted by Gasteiger charge is -1.97. The highest BCUT2D eigenvalue weighted by atomic mass is 19.3. The molecule has 0 aromatic rings. The van der Waals surface area contributed by atoms with Crippen LogP contribution in [-0.4, -0.2) is 23.3 Å². The van der Waals surface area contributed by atoms with Crippen LogP contribution in [0, 0.1) is 5.92 Å². The van der Waals surface area contributed by atoms with Crippen molar-refractivity contribution in [3.8, 4) is 0 Å². The first kappa shape index (κ1) is 6.86. The van der Waals surface area contributed by atoms with Crippen molar-refractivity contribution in [2.45, 2.75) is 18.5 Å². The molecule has 0 saturated heterocycles. The molecule has 0 aromatic carbocycles. The van der Waals surface area contributed by atoms with Crippen LogP contribution in [0.3, 0.4) is 0 Å². The van der Waals surface area contributed by atoms with Crippen LogP contribution >= 0.6 is 0 Å². The molecular weight excluding hydrogens is 133 g/mol. The van der Waals surface area contributed by atoms with Crippen LogP contribution in [0.15, 0.2) is 0 Å². The van der Waals surface area contributed by atoms with Crippen LogP contribution in [0.5, 0.6) is 0 Å². The van der Waals surface area contributed by atoms with Gasteiger partial charge in [0.05, 0.1) is 12.5 Å². The van der Waals surface area contributed by atoms with Gasteiger partial charge in [0.25, 0.3) is 5.92 Å². The molecule has 0 aliphatic heterocycles. The van der Waals surface area contributed by atoms with Gasteiger partial charge in [0.1, 0.15) is 0 Å². The van der Waals surface area contributed by atoms with Gasteiger partial charge in [-0.2, -0.15) is 0 Å². The summed E-state index contributed by atoms with van der Waals surface area (Å²) in [4.78, 5) is 0. The topological polar surface area (TPSA) is 20.2 Å². The summed E-state index contributed by atoms with van der Waals surface area (Å²) in [5.74, 6) is -4.63. The average molecular weight is 140 g/mol. The third-order valence-electron chi connectivity index (χ3n) is 1.93. The average Bonchev–Trinajstić information content (AvgIpc) is 2.16. The highest BCUT2D eigenvalue weighted by Gasteiger charge is 2.80. The van der Waals surface area contributed by atoms with Crippen molar-refractivity contribution >= 4 is 0 Å². The quantitative estimate of drug-likeness (QED) is 0.575. The Morgan fingerprint density at radius 2 is 1.78 bits per heavy atom. The zero-order valence-corrected chi connectivity index (χ0v) is 4.87. The van der Waals surface area contributed by atoms with Gasteiger partial charge in [0.15, 0.2) is 0 Å². The lowest BCUT2D eigenvalue weighted by atomic mass is 10.3. The number of rotatable bonds is 1. The third-order valence-corrected chi connectivity index (χ3v) is 1.93. The first-order chi connectivity index (χ1) is 3.97. The molecule has 54 valence electrons. The minimum Gasteiger partial charge on any atom is -0.393 e. The van der Waals surface area contributed by atoms with E-state index in [1.165, 1.54) is 0 Å². The number of aliphatic hydroxyl groups excluding tert-OH is 1. The summed E-state index contributed by atoms with van der Waals surface area (Å²) < 4.78 is 36.5. The Morgan fingerprint density at radius 1 is 1.44 bits per heavy atom. The smallest absolute Gasteiger partial charge is 0.290 e. The van der Waals surface area contributed by atoms with Crippen molar-refractivity contribution in [2.24, 2.45) is 5.92 Å². The van der Waals surface area contributed by atoms with Gasteiger partial charge in [-0.25, -0.2) is 13.2 Å². The van der Waals surface area contributed by atoms with Gasteiger partial charge in [-0.3, -0.25) is 0 Å². The van der Waals surface area contributed by atoms with Gasteiger partial charge in [-0.15, -0.1) is 0 Å². The van der Waals surface area contributed by atoms with E-state index in [0.29, 0.717) is 0 Å². The molecule has 1 aliphatic rings. The van der Waals surface area contributed by atoms with E-state index in [1.54, 1.807) is 0 Å². The van der Waals surface area contributed by atoms with E-state index in [4.69, 9.17) is 5.11 Å². The predicted molar refractivity (Wildman–Crippen MR) is 25.0 cm³/mol. The van der Waals surface area contributed by atoms with Crippen molar-refractivity contribution in [2.75, 3.05) is 6.61 Å². The molecule has 0 amide bonds. The number of halogens is 3. The summed E-state index contributed by atoms with van der Waals surface area (Å²) in [6.45, 7) is -0.00259. The zero-order chi connectivity index (χ0) is 7.28. The fraction of sp³-hybridized carbons (Fsp3) is 1.00. The second kappa shape index (κ2) is 1.42. The maximum atomic E-state index is 12.4. The van der Waals surface area contributed by atoms with Crippen LogP contribution in [0.25, 0.3) is 0 Å².